The van der Waals surface area contributed by atoms with Crippen LogP contribution in [0.1, 0.15) is 23.2 Å². The van der Waals surface area contributed by atoms with Gasteiger partial charge in [-0.25, -0.2) is 4.39 Å². The third kappa shape index (κ3) is 4.16. The number of hydrogen-bond acceptors (Lipinski definition) is 3. The van der Waals surface area contributed by atoms with Crippen molar-refractivity contribution in [3.05, 3.63) is 84.4 Å². The molecule has 1 N–H and O–H groups in total. The van der Waals surface area contributed by atoms with Gasteiger partial charge in [-0.2, -0.15) is 0 Å². The fourth-order valence-electron chi connectivity index (χ4n) is 3.59. The van der Waals surface area contributed by atoms with Crippen LogP contribution in [0.25, 0.3) is 11.1 Å². The van der Waals surface area contributed by atoms with E-state index in [1.54, 1.807) is 47.6 Å². The van der Waals surface area contributed by atoms with Crippen LogP contribution in [0.3, 0.4) is 0 Å². The van der Waals surface area contributed by atoms with Gasteiger partial charge in [0.15, 0.2) is 0 Å². The molecule has 1 aromatic heterocycles. The summed E-state index contributed by atoms with van der Waals surface area (Å²) >= 11 is 0. The Morgan fingerprint density at radius 3 is 2.52 bits per heavy atom. The Balaban J connectivity index is 1.49. The van der Waals surface area contributed by atoms with Crippen molar-refractivity contribution in [1.82, 2.24) is 9.88 Å². The fraction of sp³-hybridized carbons (Fsp3) is 0.174. The van der Waals surface area contributed by atoms with E-state index in [0.717, 1.165) is 17.5 Å². The van der Waals surface area contributed by atoms with E-state index in [2.05, 4.69) is 10.3 Å². The van der Waals surface area contributed by atoms with Gasteiger partial charge >= 0.3 is 0 Å². The lowest BCUT2D eigenvalue weighted by Crippen LogP contribution is -2.43. The Morgan fingerprint density at radius 1 is 1.00 bits per heavy atom. The number of carbonyl (C=O) groups excluding carboxylic acids is 2. The lowest BCUT2D eigenvalue weighted by atomic mass is 10.0. The van der Waals surface area contributed by atoms with Crippen molar-refractivity contribution in [3.8, 4) is 11.1 Å². The minimum Gasteiger partial charge on any atom is -0.327 e. The van der Waals surface area contributed by atoms with E-state index in [9.17, 15) is 14.0 Å². The predicted octanol–water partition coefficient (Wildman–Crippen LogP) is 4.13. The summed E-state index contributed by atoms with van der Waals surface area (Å²) in [6.07, 6.45) is 4.55. The maximum absolute atomic E-state index is 13.2. The summed E-state index contributed by atoms with van der Waals surface area (Å²) in [5.74, 6) is -0.662. The smallest absolute Gasteiger partial charge is 0.254 e. The van der Waals surface area contributed by atoms with Crippen LogP contribution in [-0.2, 0) is 4.79 Å². The van der Waals surface area contributed by atoms with E-state index in [1.807, 2.05) is 18.2 Å². The lowest BCUT2D eigenvalue weighted by molar-refractivity contribution is -0.119. The van der Waals surface area contributed by atoms with E-state index in [4.69, 9.17) is 0 Å². The molecular formula is C23H20FN3O2. The number of rotatable bonds is 4. The quantitative estimate of drug-likeness (QED) is 0.730. The van der Waals surface area contributed by atoms with Gasteiger partial charge in [-0.15, -0.1) is 0 Å². The molecule has 0 bridgehead atoms. The molecular weight excluding hydrogens is 369 g/mol. The predicted molar refractivity (Wildman–Crippen MR) is 109 cm³/mol. The lowest BCUT2D eigenvalue weighted by Gasteiger charge is -2.24. The van der Waals surface area contributed by atoms with Gasteiger partial charge in [0, 0.05) is 30.2 Å². The number of nitrogens with one attached hydrogen (secondary N) is 1. The van der Waals surface area contributed by atoms with Crippen LogP contribution < -0.4 is 5.32 Å². The molecule has 0 saturated carbocycles. The first-order chi connectivity index (χ1) is 14.1. The van der Waals surface area contributed by atoms with Crippen LogP contribution in [0.4, 0.5) is 10.1 Å². The zero-order chi connectivity index (χ0) is 20.2. The first-order valence-corrected chi connectivity index (χ1v) is 9.50. The van der Waals surface area contributed by atoms with E-state index < -0.39 is 6.04 Å². The summed E-state index contributed by atoms with van der Waals surface area (Å²) in [4.78, 5) is 31.2. The van der Waals surface area contributed by atoms with Crippen molar-refractivity contribution < 1.29 is 14.0 Å². The number of likely N-dealkylation sites (tertiary alicyclic amines) is 1. The van der Waals surface area contributed by atoms with Crippen molar-refractivity contribution in [3.63, 3.8) is 0 Å². The molecule has 0 spiro atoms. The maximum atomic E-state index is 13.2. The minimum atomic E-state index is -0.509. The molecule has 1 saturated heterocycles. The van der Waals surface area contributed by atoms with Crippen LogP contribution in [0, 0.1) is 5.82 Å². The van der Waals surface area contributed by atoms with E-state index in [1.165, 1.54) is 12.1 Å². The molecule has 3 aromatic rings. The number of anilines is 1. The molecule has 1 atom stereocenters. The van der Waals surface area contributed by atoms with Crippen LogP contribution in [-0.4, -0.2) is 34.3 Å². The van der Waals surface area contributed by atoms with Crippen LogP contribution >= 0.6 is 0 Å². The number of carbonyl (C=O) groups is 2. The molecule has 2 amide bonds. The second kappa shape index (κ2) is 8.22. The normalized spacial score (nSPS) is 15.9. The molecule has 0 radical (unpaired) electrons. The summed E-state index contributed by atoms with van der Waals surface area (Å²) in [7, 11) is 0. The van der Waals surface area contributed by atoms with Crippen molar-refractivity contribution in [2.75, 3.05) is 11.9 Å². The second-order valence-electron chi connectivity index (χ2n) is 6.97. The highest BCUT2D eigenvalue weighted by Crippen LogP contribution is 2.25. The molecule has 0 unspecified atom stereocenters. The van der Waals surface area contributed by atoms with Gasteiger partial charge in [0.2, 0.25) is 5.91 Å². The largest absolute Gasteiger partial charge is 0.327 e. The first-order valence-electron chi connectivity index (χ1n) is 9.50. The second-order valence-corrected chi connectivity index (χ2v) is 6.97. The number of hydrogen-bond donors (Lipinski definition) is 1. The monoisotopic (exact) mass is 389 g/mol. The van der Waals surface area contributed by atoms with Gasteiger partial charge in [-0.05, 0) is 60.4 Å². The fourth-order valence-corrected chi connectivity index (χ4v) is 3.59. The van der Waals surface area contributed by atoms with E-state index >= 15 is 0 Å². The highest BCUT2D eigenvalue weighted by molar-refractivity contribution is 6.01. The number of aromatic nitrogens is 1. The summed E-state index contributed by atoms with van der Waals surface area (Å²) in [5.41, 5.74) is 2.90. The van der Waals surface area contributed by atoms with Crippen molar-refractivity contribution in [2.24, 2.45) is 0 Å². The Bertz CT molecular complexity index is 1020. The number of benzene rings is 2. The molecule has 146 valence electrons. The molecule has 2 aromatic carbocycles. The van der Waals surface area contributed by atoms with Crippen molar-refractivity contribution in [1.29, 1.82) is 0 Å². The van der Waals surface area contributed by atoms with Gasteiger partial charge in [0.05, 0.1) is 0 Å². The number of pyridine rings is 1. The third-order valence-electron chi connectivity index (χ3n) is 5.05. The maximum Gasteiger partial charge on any atom is 0.254 e. The molecule has 1 fully saturated rings. The minimum absolute atomic E-state index is 0.162. The zero-order valence-corrected chi connectivity index (χ0v) is 15.7. The number of nitrogens with zero attached hydrogens (tertiary/aromatic N) is 2. The Morgan fingerprint density at radius 2 is 1.76 bits per heavy atom. The van der Waals surface area contributed by atoms with Crippen LogP contribution in [0.2, 0.25) is 0 Å². The van der Waals surface area contributed by atoms with Gasteiger partial charge in [0.25, 0.3) is 5.91 Å². The average Bonchev–Trinajstić information content (AvgIpc) is 3.25. The molecule has 1 aliphatic heterocycles. The third-order valence-corrected chi connectivity index (χ3v) is 5.05. The summed E-state index contributed by atoms with van der Waals surface area (Å²) < 4.78 is 13.2. The van der Waals surface area contributed by atoms with Gasteiger partial charge in [-0.3, -0.25) is 14.6 Å². The zero-order valence-electron chi connectivity index (χ0n) is 15.7. The standard InChI is InChI=1S/C23H20FN3O2/c24-19-8-6-16(7-9-19)18-3-1-4-20(15-18)26-22(28)21-5-2-14-27(21)23(29)17-10-12-25-13-11-17/h1,3-4,6-13,15,21H,2,5,14H2,(H,26,28)/t21-/m0/s1. The van der Waals surface area contributed by atoms with Gasteiger partial charge in [0.1, 0.15) is 11.9 Å². The first kappa shape index (κ1) is 18.8. The van der Waals surface area contributed by atoms with Gasteiger partial charge < -0.3 is 10.2 Å². The number of amides is 2. The van der Waals surface area contributed by atoms with E-state index in [-0.39, 0.29) is 17.6 Å². The van der Waals surface area contributed by atoms with Crippen molar-refractivity contribution in [2.45, 2.75) is 18.9 Å². The molecule has 4 rings (SSSR count). The molecule has 1 aliphatic rings. The average molecular weight is 389 g/mol. The summed E-state index contributed by atoms with van der Waals surface area (Å²) in [5, 5.41) is 2.92. The van der Waals surface area contributed by atoms with Crippen molar-refractivity contribution >= 4 is 17.5 Å². The van der Waals surface area contributed by atoms with E-state index in [0.29, 0.717) is 24.2 Å². The molecule has 5 nitrogen and oxygen atoms in total. The SMILES string of the molecule is O=C(Nc1cccc(-c2ccc(F)cc2)c1)[C@@H]1CCCN1C(=O)c1ccncc1. The summed E-state index contributed by atoms with van der Waals surface area (Å²) in [6.45, 7) is 0.550. The number of halogens is 1. The van der Waals surface area contributed by atoms with Crippen LogP contribution in [0.15, 0.2) is 73.1 Å². The molecule has 0 aliphatic carbocycles. The Kier molecular flexibility index (Phi) is 5.33. The van der Waals surface area contributed by atoms with Gasteiger partial charge in [-0.1, -0.05) is 24.3 Å². The molecule has 2 heterocycles. The summed E-state index contributed by atoms with van der Waals surface area (Å²) in [6, 6.07) is 16.4. The Labute approximate surface area is 168 Å². The van der Waals surface area contributed by atoms with Crippen LogP contribution in [0.5, 0.6) is 0 Å². The topological polar surface area (TPSA) is 62.3 Å². The highest BCUT2D eigenvalue weighted by Gasteiger charge is 2.34. The highest BCUT2D eigenvalue weighted by atomic mass is 19.1. The molecule has 29 heavy (non-hydrogen) atoms. The molecule has 6 heteroatoms. The Hall–Kier alpha value is -3.54.